The molecular weight excluding hydrogens is 649 g/mol. The third-order valence-corrected chi connectivity index (χ3v) is 13.0. The van der Waals surface area contributed by atoms with Crippen molar-refractivity contribution in [2.75, 3.05) is 7.11 Å². The standard InChI is InChI=1S/C38H42O4S4/c1-4-6-8-10-12-27-14-16-34(43-27)36-20-18-32(45-36)29-23-31(38(40)41-3)30(22-26(29)24-42-25-39)33-19-21-37(46-33)35-17-15-28(44-35)13-11-9-7-5-2/h14-23,25H,4-13,24H2,1-3H3. The Bertz CT molecular complexity index is 1720. The maximum absolute atomic E-state index is 13.2. The fourth-order valence-corrected chi connectivity index (χ4v) is 9.94. The lowest BCUT2D eigenvalue weighted by atomic mass is 9.96. The Labute approximate surface area is 289 Å². The van der Waals surface area contributed by atoms with Crippen molar-refractivity contribution in [2.45, 2.75) is 84.7 Å². The number of carbonyl (C=O) groups is 2. The molecule has 0 bridgehead atoms. The third kappa shape index (κ3) is 8.65. The number of thiophene rings is 4. The number of aryl methyl sites for hydroxylation is 2. The Morgan fingerprint density at radius 3 is 1.65 bits per heavy atom. The zero-order chi connectivity index (χ0) is 32.3. The summed E-state index contributed by atoms with van der Waals surface area (Å²) in [5.41, 5.74) is 3.02. The number of hydrogen-bond acceptors (Lipinski definition) is 8. The van der Waals surface area contributed by atoms with Crippen LogP contribution >= 0.6 is 45.3 Å². The molecule has 1 aromatic carbocycles. The molecule has 0 radical (unpaired) electrons. The van der Waals surface area contributed by atoms with Crippen molar-refractivity contribution in [3.05, 3.63) is 81.5 Å². The Morgan fingerprint density at radius 2 is 1.13 bits per heavy atom. The van der Waals surface area contributed by atoms with Gasteiger partial charge in [0.1, 0.15) is 6.61 Å². The molecule has 0 aliphatic heterocycles. The SMILES string of the molecule is CCCCCCc1ccc(-c2ccc(-c3cc(C(=O)OC)c(-c4ccc(-c5ccc(CCCCCC)s5)s4)cc3COC=O)s2)s1. The van der Waals surface area contributed by atoms with Gasteiger partial charge >= 0.3 is 5.97 Å². The van der Waals surface area contributed by atoms with E-state index in [1.807, 2.05) is 34.8 Å². The molecule has 8 heteroatoms. The minimum Gasteiger partial charge on any atom is -0.465 e. The molecule has 0 aliphatic carbocycles. The van der Waals surface area contributed by atoms with E-state index in [0.29, 0.717) is 12.0 Å². The maximum atomic E-state index is 13.2. The summed E-state index contributed by atoms with van der Waals surface area (Å²) >= 11 is 7.07. The molecule has 0 aliphatic rings. The van der Waals surface area contributed by atoms with Gasteiger partial charge in [0.15, 0.2) is 0 Å². The Kier molecular flexibility index (Phi) is 12.8. The summed E-state index contributed by atoms with van der Waals surface area (Å²) in [5.74, 6) is -0.387. The predicted molar refractivity (Wildman–Crippen MR) is 198 cm³/mol. The van der Waals surface area contributed by atoms with E-state index in [2.05, 4.69) is 62.4 Å². The molecule has 4 heterocycles. The number of carbonyl (C=O) groups excluding carboxylic acids is 2. The van der Waals surface area contributed by atoms with E-state index in [4.69, 9.17) is 9.47 Å². The molecule has 0 saturated heterocycles. The molecule has 0 spiro atoms. The Balaban J connectivity index is 1.44. The summed E-state index contributed by atoms with van der Waals surface area (Å²) in [6, 6.07) is 21.3. The highest BCUT2D eigenvalue weighted by molar-refractivity contribution is 7.24. The van der Waals surface area contributed by atoms with Crippen LogP contribution < -0.4 is 0 Å². The molecule has 4 nitrogen and oxygen atoms in total. The second-order valence-electron chi connectivity index (χ2n) is 11.4. The molecule has 0 amide bonds. The maximum Gasteiger partial charge on any atom is 0.338 e. The van der Waals surface area contributed by atoms with Crippen LogP contribution in [0.15, 0.2) is 60.7 Å². The van der Waals surface area contributed by atoms with Gasteiger partial charge in [-0.25, -0.2) is 4.79 Å². The first kappa shape index (κ1) is 34.3. The van der Waals surface area contributed by atoms with Crippen LogP contribution in [0.25, 0.3) is 40.4 Å². The van der Waals surface area contributed by atoms with Crippen molar-refractivity contribution in [1.29, 1.82) is 0 Å². The second kappa shape index (κ2) is 17.2. The van der Waals surface area contributed by atoms with E-state index in [9.17, 15) is 9.59 Å². The molecule has 5 aromatic rings. The first-order valence-corrected chi connectivity index (χ1v) is 19.5. The van der Waals surface area contributed by atoms with Crippen molar-refractivity contribution in [3.63, 3.8) is 0 Å². The van der Waals surface area contributed by atoms with Gasteiger partial charge in [-0.05, 0) is 97.5 Å². The van der Waals surface area contributed by atoms with E-state index < -0.39 is 0 Å². The Morgan fingerprint density at radius 1 is 0.630 bits per heavy atom. The fourth-order valence-electron chi connectivity index (χ4n) is 5.57. The molecule has 0 saturated carbocycles. The quantitative estimate of drug-likeness (QED) is 0.0522. The lowest BCUT2D eigenvalue weighted by Gasteiger charge is -2.14. The van der Waals surface area contributed by atoms with Crippen molar-refractivity contribution < 1.29 is 19.1 Å². The van der Waals surface area contributed by atoms with E-state index >= 15 is 0 Å². The number of rotatable bonds is 18. The number of ether oxygens (including phenoxy) is 2. The highest BCUT2D eigenvalue weighted by atomic mass is 32.1. The van der Waals surface area contributed by atoms with Crippen molar-refractivity contribution in [3.8, 4) is 40.4 Å². The zero-order valence-corrected chi connectivity index (χ0v) is 30.2. The molecule has 46 heavy (non-hydrogen) atoms. The van der Waals surface area contributed by atoms with Gasteiger partial charge < -0.3 is 9.47 Å². The summed E-state index contributed by atoms with van der Waals surface area (Å²) in [4.78, 5) is 34.2. The van der Waals surface area contributed by atoms with Gasteiger partial charge in [0, 0.05) is 44.6 Å². The Hall–Kier alpha value is -3.04. The van der Waals surface area contributed by atoms with E-state index in [1.54, 1.807) is 22.7 Å². The number of methoxy groups -OCH3 is 1. The van der Waals surface area contributed by atoms with Gasteiger partial charge in [0.25, 0.3) is 6.47 Å². The van der Waals surface area contributed by atoms with Crippen LogP contribution in [0.1, 0.15) is 90.9 Å². The lowest BCUT2D eigenvalue weighted by molar-refractivity contribution is -0.129. The van der Waals surface area contributed by atoms with Crippen LogP contribution in [0, 0.1) is 0 Å². The highest BCUT2D eigenvalue weighted by Crippen LogP contribution is 2.44. The molecule has 0 fully saturated rings. The summed E-state index contributed by atoms with van der Waals surface area (Å²) in [6.07, 6.45) is 12.3. The van der Waals surface area contributed by atoms with Crippen LogP contribution in [0.5, 0.6) is 0 Å². The van der Waals surface area contributed by atoms with Crippen LogP contribution in [-0.4, -0.2) is 19.6 Å². The van der Waals surface area contributed by atoms with Gasteiger partial charge in [-0.3, -0.25) is 4.79 Å². The predicted octanol–water partition coefficient (Wildman–Crippen LogP) is 12.3. The number of benzene rings is 1. The largest absolute Gasteiger partial charge is 0.465 e. The molecule has 0 N–H and O–H groups in total. The minimum absolute atomic E-state index is 0.117. The van der Waals surface area contributed by atoms with Gasteiger partial charge in [-0.1, -0.05) is 52.4 Å². The van der Waals surface area contributed by atoms with E-state index in [-0.39, 0.29) is 12.6 Å². The lowest BCUT2D eigenvalue weighted by Crippen LogP contribution is -2.06. The second-order valence-corrected chi connectivity index (χ2v) is 15.9. The van der Waals surface area contributed by atoms with Crippen LogP contribution in [0.2, 0.25) is 0 Å². The topological polar surface area (TPSA) is 52.6 Å². The van der Waals surface area contributed by atoms with E-state index in [1.165, 1.54) is 87.7 Å². The summed E-state index contributed by atoms with van der Waals surface area (Å²) in [5, 5.41) is 0. The van der Waals surface area contributed by atoms with Gasteiger partial charge in [-0.2, -0.15) is 0 Å². The smallest absolute Gasteiger partial charge is 0.338 e. The van der Waals surface area contributed by atoms with Gasteiger partial charge in [0.05, 0.1) is 12.7 Å². The van der Waals surface area contributed by atoms with Crippen LogP contribution in [0.4, 0.5) is 0 Å². The van der Waals surface area contributed by atoms with Crippen LogP contribution in [-0.2, 0) is 33.7 Å². The van der Waals surface area contributed by atoms with Crippen molar-refractivity contribution >= 4 is 57.8 Å². The molecule has 5 rings (SSSR count). The zero-order valence-electron chi connectivity index (χ0n) is 26.9. The first-order chi connectivity index (χ1) is 22.5. The molecule has 0 atom stereocenters. The first-order valence-electron chi connectivity index (χ1n) is 16.2. The van der Waals surface area contributed by atoms with E-state index in [0.717, 1.165) is 39.3 Å². The molecule has 242 valence electrons. The number of hydrogen-bond donors (Lipinski definition) is 0. The number of esters is 1. The molecule has 4 aromatic heterocycles. The summed E-state index contributed by atoms with van der Waals surface area (Å²) in [6.45, 7) is 5.08. The van der Waals surface area contributed by atoms with Gasteiger partial charge in [0.2, 0.25) is 0 Å². The summed E-state index contributed by atoms with van der Waals surface area (Å²) in [7, 11) is 1.42. The third-order valence-electron chi connectivity index (χ3n) is 8.06. The molecule has 0 unspecified atom stereocenters. The van der Waals surface area contributed by atoms with Gasteiger partial charge in [-0.15, -0.1) is 45.3 Å². The summed E-state index contributed by atoms with van der Waals surface area (Å²) < 4.78 is 10.6. The normalized spacial score (nSPS) is 11.2. The number of unbranched alkanes of at least 4 members (excludes halogenated alkanes) is 6. The van der Waals surface area contributed by atoms with Crippen molar-refractivity contribution in [1.82, 2.24) is 0 Å². The molecular formula is C38H42O4S4. The average molecular weight is 691 g/mol. The highest BCUT2D eigenvalue weighted by Gasteiger charge is 2.21. The average Bonchev–Trinajstić information content (AvgIpc) is 3.90. The minimum atomic E-state index is -0.387. The monoisotopic (exact) mass is 690 g/mol. The van der Waals surface area contributed by atoms with Crippen molar-refractivity contribution in [2.24, 2.45) is 0 Å². The van der Waals surface area contributed by atoms with Crippen LogP contribution in [0.3, 0.4) is 0 Å². The fraction of sp³-hybridized carbons (Fsp3) is 0.368.